The number of hydrogen-bond acceptors (Lipinski definition) is 3. The van der Waals surface area contributed by atoms with Crippen LogP contribution in [0.5, 0.6) is 5.75 Å². The molecule has 1 saturated heterocycles. The highest BCUT2D eigenvalue weighted by atomic mass is 16.7. The van der Waals surface area contributed by atoms with Gasteiger partial charge in [0, 0.05) is 0 Å². The first-order valence-corrected chi connectivity index (χ1v) is 8.59. The Bertz CT molecular complexity index is 732. The summed E-state index contributed by atoms with van der Waals surface area (Å²) >= 11 is 0. The molecule has 3 nitrogen and oxygen atoms in total. The lowest BCUT2D eigenvalue weighted by molar-refractivity contribution is 0.00578. The fourth-order valence-corrected chi connectivity index (χ4v) is 2.77. The van der Waals surface area contributed by atoms with Crippen LogP contribution in [0.25, 0.3) is 11.5 Å². The molecule has 130 valence electrons. The minimum Gasteiger partial charge on any atom is -0.497 e. The van der Waals surface area contributed by atoms with Crippen LogP contribution >= 0.6 is 0 Å². The Hall–Kier alpha value is -2.04. The van der Waals surface area contributed by atoms with E-state index in [-0.39, 0.29) is 11.2 Å². The second-order valence-corrected chi connectivity index (χ2v) is 7.33. The average molecular weight is 336 g/mol. The fraction of sp³-hybridized carbons (Fsp3) is 0.333. The quantitative estimate of drug-likeness (QED) is 0.589. The van der Waals surface area contributed by atoms with Crippen molar-refractivity contribution >= 4 is 18.7 Å². The smallest absolute Gasteiger partial charge is 0.495 e. The van der Waals surface area contributed by atoms with Crippen LogP contribution in [0.15, 0.2) is 54.6 Å². The van der Waals surface area contributed by atoms with Crippen LogP contribution in [0.3, 0.4) is 0 Å². The van der Waals surface area contributed by atoms with Crippen molar-refractivity contribution in [2.24, 2.45) is 0 Å². The molecule has 0 amide bonds. The summed E-state index contributed by atoms with van der Waals surface area (Å²) in [6.45, 7) is 8.28. The van der Waals surface area contributed by atoms with Gasteiger partial charge in [-0.1, -0.05) is 48.5 Å². The zero-order valence-electron chi connectivity index (χ0n) is 15.6. The van der Waals surface area contributed by atoms with E-state index < -0.39 is 7.12 Å². The Labute approximate surface area is 150 Å². The Morgan fingerprint density at radius 2 is 1.44 bits per heavy atom. The number of methoxy groups -OCH3 is 1. The molecule has 0 spiro atoms. The van der Waals surface area contributed by atoms with Gasteiger partial charge in [0.25, 0.3) is 0 Å². The third kappa shape index (κ3) is 3.65. The van der Waals surface area contributed by atoms with E-state index >= 15 is 0 Å². The van der Waals surface area contributed by atoms with Crippen LogP contribution in [0, 0.1) is 0 Å². The topological polar surface area (TPSA) is 27.7 Å². The highest BCUT2D eigenvalue weighted by Gasteiger charge is 2.52. The van der Waals surface area contributed by atoms with E-state index in [9.17, 15) is 0 Å². The molecule has 0 unspecified atom stereocenters. The summed E-state index contributed by atoms with van der Waals surface area (Å²) in [4.78, 5) is 0. The molecule has 1 aliphatic rings. The van der Waals surface area contributed by atoms with Gasteiger partial charge in [0.05, 0.1) is 18.3 Å². The van der Waals surface area contributed by atoms with Crippen molar-refractivity contribution in [2.75, 3.05) is 7.11 Å². The van der Waals surface area contributed by atoms with E-state index in [1.165, 1.54) is 0 Å². The van der Waals surface area contributed by atoms with Crippen molar-refractivity contribution in [3.63, 3.8) is 0 Å². The standard InChI is InChI=1S/C21H25BO3/c1-20(2)21(3,4)25-22(24-20)19(15-16-9-7-6-8-10-16)17-11-13-18(23-5)14-12-17/h6-15H,1-5H3/b19-15+. The first-order chi connectivity index (χ1) is 11.8. The molecular formula is C21H25BO3. The van der Waals surface area contributed by atoms with Gasteiger partial charge in [0.1, 0.15) is 5.75 Å². The molecule has 1 heterocycles. The molecule has 1 aliphatic heterocycles. The highest BCUT2D eigenvalue weighted by molar-refractivity contribution is 6.70. The molecule has 2 aromatic rings. The lowest BCUT2D eigenvalue weighted by atomic mass is 9.73. The van der Waals surface area contributed by atoms with Crippen molar-refractivity contribution in [1.82, 2.24) is 0 Å². The van der Waals surface area contributed by atoms with Gasteiger partial charge in [-0.15, -0.1) is 0 Å². The van der Waals surface area contributed by atoms with E-state index in [1.807, 2.05) is 42.5 Å². The molecular weight excluding hydrogens is 311 g/mol. The normalized spacial score (nSPS) is 19.1. The molecule has 0 saturated carbocycles. The van der Waals surface area contributed by atoms with Crippen LogP contribution in [-0.2, 0) is 9.31 Å². The Kier molecular flexibility index (Phi) is 4.76. The maximum Gasteiger partial charge on any atom is 0.495 e. The average Bonchev–Trinajstić information content (AvgIpc) is 2.81. The lowest BCUT2D eigenvalue weighted by Crippen LogP contribution is -2.41. The third-order valence-electron chi connectivity index (χ3n) is 5.05. The van der Waals surface area contributed by atoms with Crippen LogP contribution in [0.4, 0.5) is 0 Å². The largest absolute Gasteiger partial charge is 0.497 e. The number of rotatable bonds is 4. The van der Waals surface area contributed by atoms with Gasteiger partial charge in [-0.3, -0.25) is 0 Å². The van der Waals surface area contributed by atoms with Gasteiger partial charge < -0.3 is 14.0 Å². The van der Waals surface area contributed by atoms with E-state index in [4.69, 9.17) is 14.0 Å². The SMILES string of the molecule is COc1ccc(/C(=C\c2ccccc2)B2OC(C)(C)C(C)(C)O2)cc1. The maximum absolute atomic E-state index is 6.29. The Morgan fingerprint density at radius 3 is 1.96 bits per heavy atom. The fourth-order valence-electron chi connectivity index (χ4n) is 2.77. The molecule has 0 aliphatic carbocycles. The summed E-state index contributed by atoms with van der Waals surface area (Å²) in [5.41, 5.74) is 2.43. The third-order valence-corrected chi connectivity index (χ3v) is 5.05. The van der Waals surface area contributed by atoms with Crippen LogP contribution in [0.2, 0.25) is 0 Å². The zero-order chi connectivity index (χ0) is 18.1. The van der Waals surface area contributed by atoms with Gasteiger partial charge in [0.15, 0.2) is 0 Å². The summed E-state index contributed by atoms with van der Waals surface area (Å²) in [6.07, 6.45) is 2.13. The van der Waals surface area contributed by atoms with E-state index in [1.54, 1.807) is 7.11 Å². The van der Waals surface area contributed by atoms with Crippen LogP contribution in [-0.4, -0.2) is 25.4 Å². The first-order valence-electron chi connectivity index (χ1n) is 8.59. The lowest BCUT2D eigenvalue weighted by Gasteiger charge is -2.32. The molecule has 0 N–H and O–H groups in total. The Balaban J connectivity index is 2.02. The summed E-state index contributed by atoms with van der Waals surface area (Å²) in [6, 6.07) is 18.2. The van der Waals surface area contributed by atoms with E-state index in [2.05, 4.69) is 45.9 Å². The summed E-state index contributed by atoms with van der Waals surface area (Å²) < 4.78 is 17.9. The second-order valence-electron chi connectivity index (χ2n) is 7.33. The number of benzene rings is 2. The Morgan fingerprint density at radius 1 is 0.880 bits per heavy atom. The maximum atomic E-state index is 6.29. The molecule has 0 aromatic heterocycles. The molecule has 0 bridgehead atoms. The minimum absolute atomic E-state index is 0.375. The van der Waals surface area contributed by atoms with E-state index in [0.29, 0.717) is 0 Å². The van der Waals surface area contributed by atoms with Gasteiger partial charge in [-0.05, 0) is 56.4 Å². The van der Waals surface area contributed by atoms with Crippen molar-refractivity contribution in [1.29, 1.82) is 0 Å². The van der Waals surface area contributed by atoms with Gasteiger partial charge in [-0.25, -0.2) is 0 Å². The zero-order valence-corrected chi connectivity index (χ0v) is 15.6. The molecule has 2 aromatic carbocycles. The van der Waals surface area contributed by atoms with Crippen molar-refractivity contribution in [3.05, 3.63) is 65.7 Å². The summed E-state index contributed by atoms with van der Waals surface area (Å²) in [5.74, 6) is 0.830. The van der Waals surface area contributed by atoms with Gasteiger partial charge >= 0.3 is 7.12 Å². The number of hydrogen-bond donors (Lipinski definition) is 0. The summed E-state index contributed by atoms with van der Waals surface area (Å²) in [7, 11) is 1.25. The van der Waals surface area contributed by atoms with E-state index in [0.717, 1.165) is 22.3 Å². The molecule has 0 atom stereocenters. The van der Waals surface area contributed by atoms with Crippen molar-refractivity contribution in [3.8, 4) is 5.75 Å². The molecule has 3 rings (SSSR count). The molecule has 1 fully saturated rings. The minimum atomic E-state index is -0.418. The van der Waals surface area contributed by atoms with Gasteiger partial charge in [-0.2, -0.15) is 0 Å². The van der Waals surface area contributed by atoms with Gasteiger partial charge in [0.2, 0.25) is 0 Å². The number of ether oxygens (including phenoxy) is 1. The van der Waals surface area contributed by atoms with Crippen LogP contribution < -0.4 is 4.74 Å². The highest BCUT2D eigenvalue weighted by Crippen LogP contribution is 2.41. The molecule has 4 heteroatoms. The molecule has 25 heavy (non-hydrogen) atoms. The summed E-state index contributed by atoms with van der Waals surface area (Å²) in [5, 5.41) is 0. The van der Waals surface area contributed by atoms with Crippen LogP contribution in [0.1, 0.15) is 38.8 Å². The molecule has 0 radical (unpaired) electrons. The second kappa shape index (κ2) is 6.70. The predicted octanol–water partition coefficient (Wildman–Crippen LogP) is 4.87. The predicted molar refractivity (Wildman–Crippen MR) is 103 cm³/mol. The van der Waals surface area contributed by atoms with Crippen molar-refractivity contribution < 1.29 is 14.0 Å². The monoisotopic (exact) mass is 336 g/mol. The van der Waals surface area contributed by atoms with Crippen molar-refractivity contribution in [2.45, 2.75) is 38.9 Å². The first kappa shape index (κ1) is 17.8.